The average Bonchev–Trinajstić information content (AvgIpc) is 2.46. The Morgan fingerprint density at radius 2 is 2.05 bits per heavy atom. The highest BCUT2D eigenvalue weighted by molar-refractivity contribution is 5.91. The number of nitriles is 1. The van der Waals surface area contributed by atoms with Gasteiger partial charge in [0.1, 0.15) is 0 Å². The zero-order valence-electron chi connectivity index (χ0n) is 11.2. The molecule has 0 aliphatic heterocycles. The Hall–Kier alpha value is -2.59. The SMILES string of the molecule is COC(CNC(=O)N(C)c1ccc(C#N)cc1)C(=O)O. The predicted molar refractivity (Wildman–Crippen MR) is 71.4 cm³/mol. The van der Waals surface area contributed by atoms with Gasteiger partial charge in [-0.15, -0.1) is 0 Å². The van der Waals surface area contributed by atoms with Crippen LogP contribution in [-0.4, -0.2) is 43.9 Å². The molecule has 2 amide bonds. The van der Waals surface area contributed by atoms with Gasteiger partial charge in [0.2, 0.25) is 0 Å². The molecule has 0 saturated heterocycles. The van der Waals surface area contributed by atoms with Crippen LogP contribution in [0.15, 0.2) is 24.3 Å². The number of hydrogen-bond donors (Lipinski definition) is 2. The van der Waals surface area contributed by atoms with E-state index in [1.165, 1.54) is 12.0 Å². The highest BCUT2D eigenvalue weighted by atomic mass is 16.5. The lowest BCUT2D eigenvalue weighted by atomic mass is 10.2. The zero-order valence-corrected chi connectivity index (χ0v) is 11.2. The van der Waals surface area contributed by atoms with Crippen molar-refractivity contribution in [3.05, 3.63) is 29.8 Å². The summed E-state index contributed by atoms with van der Waals surface area (Å²) in [5.41, 5.74) is 1.08. The lowest BCUT2D eigenvalue weighted by Crippen LogP contribution is -2.43. The number of hydrogen-bond acceptors (Lipinski definition) is 4. The quantitative estimate of drug-likeness (QED) is 0.828. The van der Waals surface area contributed by atoms with Crippen LogP contribution in [0.25, 0.3) is 0 Å². The summed E-state index contributed by atoms with van der Waals surface area (Å²) in [7, 11) is 2.80. The molecule has 1 aromatic rings. The van der Waals surface area contributed by atoms with Crippen LogP contribution in [0.3, 0.4) is 0 Å². The molecule has 0 fully saturated rings. The van der Waals surface area contributed by atoms with Gasteiger partial charge in [-0.25, -0.2) is 9.59 Å². The summed E-state index contributed by atoms with van der Waals surface area (Å²) in [5.74, 6) is -1.14. The summed E-state index contributed by atoms with van der Waals surface area (Å²) >= 11 is 0. The molecule has 0 aliphatic carbocycles. The van der Waals surface area contributed by atoms with E-state index in [4.69, 9.17) is 15.1 Å². The topological polar surface area (TPSA) is 103 Å². The van der Waals surface area contributed by atoms with E-state index in [9.17, 15) is 9.59 Å². The Morgan fingerprint density at radius 3 is 2.50 bits per heavy atom. The minimum Gasteiger partial charge on any atom is -0.479 e. The normalized spacial score (nSPS) is 11.2. The maximum atomic E-state index is 11.8. The number of anilines is 1. The first-order valence-corrected chi connectivity index (χ1v) is 5.77. The first kappa shape index (κ1) is 15.5. The van der Waals surface area contributed by atoms with Crippen LogP contribution in [0.4, 0.5) is 10.5 Å². The van der Waals surface area contributed by atoms with Gasteiger partial charge in [0, 0.05) is 19.8 Å². The minimum absolute atomic E-state index is 0.134. The number of carbonyl (C=O) groups excluding carboxylic acids is 1. The number of rotatable bonds is 5. The number of carboxylic acids is 1. The monoisotopic (exact) mass is 277 g/mol. The van der Waals surface area contributed by atoms with Gasteiger partial charge in [0.25, 0.3) is 0 Å². The van der Waals surface area contributed by atoms with E-state index in [1.54, 1.807) is 31.3 Å². The summed E-state index contributed by atoms with van der Waals surface area (Å²) in [6, 6.07) is 7.96. The molecule has 7 heteroatoms. The number of benzene rings is 1. The van der Waals surface area contributed by atoms with E-state index in [0.29, 0.717) is 11.3 Å². The van der Waals surface area contributed by atoms with E-state index < -0.39 is 18.1 Å². The van der Waals surface area contributed by atoms with Crippen LogP contribution in [-0.2, 0) is 9.53 Å². The molecule has 0 radical (unpaired) electrons. The van der Waals surface area contributed by atoms with Crippen LogP contribution in [0.5, 0.6) is 0 Å². The number of amides is 2. The van der Waals surface area contributed by atoms with E-state index in [0.717, 1.165) is 0 Å². The van der Waals surface area contributed by atoms with Crippen LogP contribution in [0.1, 0.15) is 5.56 Å². The smallest absolute Gasteiger partial charge is 0.334 e. The molecule has 7 nitrogen and oxygen atoms in total. The van der Waals surface area contributed by atoms with Crippen molar-refractivity contribution >= 4 is 17.7 Å². The fraction of sp³-hybridized carbons (Fsp3) is 0.308. The number of carbonyl (C=O) groups is 2. The van der Waals surface area contributed by atoms with E-state index >= 15 is 0 Å². The van der Waals surface area contributed by atoms with Gasteiger partial charge in [0.15, 0.2) is 6.10 Å². The second kappa shape index (κ2) is 7.11. The van der Waals surface area contributed by atoms with Gasteiger partial charge < -0.3 is 15.2 Å². The van der Waals surface area contributed by atoms with Gasteiger partial charge in [-0.2, -0.15) is 5.26 Å². The van der Waals surface area contributed by atoms with Gasteiger partial charge >= 0.3 is 12.0 Å². The molecule has 0 spiro atoms. The van der Waals surface area contributed by atoms with E-state index in [1.807, 2.05) is 6.07 Å². The highest BCUT2D eigenvalue weighted by Gasteiger charge is 2.18. The number of nitrogens with zero attached hydrogens (tertiary/aromatic N) is 2. The summed E-state index contributed by atoms with van der Waals surface area (Å²) in [6.45, 7) is -0.134. The number of aliphatic carboxylic acids is 1. The molecule has 2 N–H and O–H groups in total. The van der Waals surface area contributed by atoms with Crippen molar-refractivity contribution in [3.63, 3.8) is 0 Å². The molecule has 0 aromatic heterocycles. The van der Waals surface area contributed by atoms with Gasteiger partial charge in [-0.1, -0.05) is 0 Å². The third kappa shape index (κ3) is 3.96. The fourth-order valence-corrected chi connectivity index (χ4v) is 1.45. The third-order valence-electron chi connectivity index (χ3n) is 2.69. The summed E-state index contributed by atoms with van der Waals surface area (Å²) in [6.07, 6.45) is -1.09. The standard InChI is InChI=1S/C13H15N3O4/c1-16(10-5-3-9(7-14)4-6-10)13(19)15-8-11(20-2)12(17)18/h3-6,11H,8H2,1-2H3,(H,15,19)(H,17,18). The fourth-order valence-electron chi connectivity index (χ4n) is 1.45. The number of methoxy groups -OCH3 is 1. The van der Waals surface area contributed by atoms with Crippen molar-refractivity contribution in [2.45, 2.75) is 6.10 Å². The highest BCUT2D eigenvalue weighted by Crippen LogP contribution is 2.13. The summed E-state index contributed by atoms with van der Waals surface area (Å²) in [4.78, 5) is 23.9. The number of ether oxygens (including phenoxy) is 1. The third-order valence-corrected chi connectivity index (χ3v) is 2.69. The molecule has 20 heavy (non-hydrogen) atoms. The van der Waals surface area contributed by atoms with Crippen molar-refractivity contribution in [1.82, 2.24) is 5.32 Å². The molecule has 1 unspecified atom stereocenters. The molecule has 0 bridgehead atoms. The minimum atomic E-state index is -1.14. The second-order valence-corrected chi connectivity index (χ2v) is 3.97. The van der Waals surface area contributed by atoms with E-state index in [2.05, 4.69) is 5.32 Å². The Kier molecular flexibility index (Phi) is 5.50. The Morgan fingerprint density at radius 1 is 1.45 bits per heavy atom. The molecule has 1 atom stereocenters. The number of urea groups is 1. The molecular formula is C13H15N3O4. The lowest BCUT2D eigenvalue weighted by molar-refractivity contribution is -0.147. The Labute approximate surface area is 116 Å². The maximum absolute atomic E-state index is 11.8. The Balaban J connectivity index is 2.62. The molecule has 0 saturated carbocycles. The van der Waals surface area contributed by atoms with Crippen LogP contribution >= 0.6 is 0 Å². The molecule has 1 aromatic carbocycles. The number of nitrogens with one attached hydrogen (secondary N) is 1. The molecule has 1 rings (SSSR count). The molecule has 0 heterocycles. The lowest BCUT2D eigenvalue weighted by Gasteiger charge is -2.19. The first-order chi connectivity index (χ1) is 9.49. The van der Waals surface area contributed by atoms with Gasteiger partial charge in [-0.05, 0) is 24.3 Å². The van der Waals surface area contributed by atoms with Crippen LogP contribution in [0, 0.1) is 11.3 Å². The Bertz CT molecular complexity index is 521. The number of carboxylic acid groups (broad SMARTS) is 1. The van der Waals surface area contributed by atoms with Crippen molar-refractivity contribution in [3.8, 4) is 6.07 Å². The van der Waals surface area contributed by atoms with E-state index in [-0.39, 0.29) is 6.54 Å². The van der Waals surface area contributed by atoms with Gasteiger partial charge in [-0.3, -0.25) is 4.90 Å². The molecular weight excluding hydrogens is 262 g/mol. The van der Waals surface area contributed by atoms with Crippen molar-refractivity contribution in [2.75, 3.05) is 25.6 Å². The van der Waals surface area contributed by atoms with Crippen LogP contribution in [0.2, 0.25) is 0 Å². The average molecular weight is 277 g/mol. The molecule has 106 valence electrons. The first-order valence-electron chi connectivity index (χ1n) is 5.77. The van der Waals surface area contributed by atoms with Crippen molar-refractivity contribution in [1.29, 1.82) is 5.26 Å². The van der Waals surface area contributed by atoms with Crippen molar-refractivity contribution < 1.29 is 19.4 Å². The maximum Gasteiger partial charge on any atom is 0.334 e. The predicted octanol–water partition coefficient (Wildman–Crippen LogP) is 0.804. The van der Waals surface area contributed by atoms with Crippen molar-refractivity contribution in [2.24, 2.45) is 0 Å². The van der Waals surface area contributed by atoms with Crippen LogP contribution < -0.4 is 10.2 Å². The molecule has 0 aliphatic rings. The summed E-state index contributed by atoms with van der Waals surface area (Å²) < 4.78 is 4.71. The van der Waals surface area contributed by atoms with Gasteiger partial charge in [0.05, 0.1) is 18.2 Å². The second-order valence-electron chi connectivity index (χ2n) is 3.97. The summed E-state index contributed by atoms with van der Waals surface area (Å²) in [5, 5.41) is 19.9. The zero-order chi connectivity index (χ0) is 15.1. The largest absolute Gasteiger partial charge is 0.479 e.